The minimum absolute atomic E-state index is 0.00354. The third-order valence-corrected chi connectivity index (χ3v) is 6.38. The number of anilines is 2. The van der Waals surface area contributed by atoms with E-state index >= 15 is 0 Å². The number of nitrogen functional groups attached to an aromatic ring is 1. The van der Waals surface area contributed by atoms with Gasteiger partial charge in [0.15, 0.2) is 11.5 Å². The van der Waals surface area contributed by atoms with Gasteiger partial charge in [0.25, 0.3) is 10.0 Å². The van der Waals surface area contributed by atoms with Gasteiger partial charge >= 0.3 is 0 Å². The lowest BCUT2D eigenvalue weighted by atomic mass is 10.2. The Morgan fingerprint density at radius 1 is 1.17 bits per heavy atom. The smallest absolute Gasteiger partial charge is 0.263 e. The fraction of sp³-hybridized carbons (Fsp3) is 0.217. The zero-order chi connectivity index (χ0) is 25.2. The summed E-state index contributed by atoms with van der Waals surface area (Å²) >= 11 is 0. The highest BCUT2D eigenvalue weighted by molar-refractivity contribution is 7.92. The monoisotopic (exact) mass is 493 g/mol. The molecule has 180 valence electrons. The average Bonchev–Trinajstić information content (AvgIpc) is 3.23. The Morgan fingerprint density at radius 2 is 1.91 bits per heavy atom. The van der Waals surface area contributed by atoms with Gasteiger partial charge in [0, 0.05) is 17.3 Å². The lowest BCUT2D eigenvalue weighted by molar-refractivity contribution is 0.265. The van der Waals surface area contributed by atoms with E-state index in [1.807, 2.05) is 19.9 Å². The van der Waals surface area contributed by atoms with E-state index < -0.39 is 10.0 Å². The van der Waals surface area contributed by atoms with Crippen molar-refractivity contribution < 1.29 is 17.9 Å². The van der Waals surface area contributed by atoms with Crippen molar-refractivity contribution >= 4 is 32.6 Å². The molecular formula is C23H23N7O4S. The minimum Gasteiger partial charge on any atom is -0.497 e. The van der Waals surface area contributed by atoms with E-state index in [0.717, 1.165) is 0 Å². The second-order valence-electron chi connectivity index (χ2n) is 8.05. The quantitative estimate of drug-likeness (QED) is 0.333. The summed E-state index contributed by atoms with van der Waals surface area (Å²) in [6, 6.07) is 12.6. The zero-order valence-electron chi connectivity index (χ0n) is 19.2. The van der Waals surface area contributed by atoms with E-state index in [4.69, 9.17) is 15.2 Å². The van der Waals surface area contributed by atoms with Crippen molar-refractivity contribution in [1.82, 2.24) is 20.2 Å². The number of benzene rings is 2. The maximum Gasteiger partial charge on any atom is 0.263 e. The lowest BCUT2D eigenvalue weighted by Crippen LogP contribution is -2.14. The van der Waals surface area contributed by atoms with E-state index in [-0.39, 0.29) is 16.4 Å². The Balaban J connectivity index is 1.64. The lowest BCUT2D eigenvalue weighted by Gasteiger charge is -2.12. The maximum atomic E-state index is 12.9. The highest BCUT2D eigenvalue weighted by Crippen LogP contribution is 2.30. The van der Waals surface area contributed by atoms with Crippen LogP contribution in [0.2, 0.25) is 0 Å². The number of sulfonamides is 1. The number of rotatable bonds is 8. The summed E-state index contributed by atoms with van der Waals surface area (Å²) in [5.41, 5.74) is 7.24. The number of hydrogen-bond acceptors (Lipinski definition) is 9. The first-order chi connectivity index (χ1) is 16.7. The van der Waals surface area contributed by atoms with Crippen molar-refractivity contribution in [3.05, 3.63) is 48.0 Å². The van der Waals surface area contributed by atoms with Crippen LogP contribution in [0.1, 0.15) is 19.4 Å². The largest absolute Gasteiger partial charge is 0.497 e. The standard InChI is InChI=1S/C23H23N7O4S/c1-13(2)12-34-23-19-20(25)28-29-22(19)26-21(27-23)14-4-7-16(8-5-14)30-35(31,32)18-10-17(33-3)9-6-15(18)11-24/h4-10,13,30H,12H2,1-3H3,(H3,25,26,27,28,29). The van der Waals surface area contributed by atoms with Gasteiger partial charge in [-0.2, -0.15) is 15.3 Å². The van der Waals surface area contributed by atoms with Gasteiger partial charge in [-0.3, -0.25) is 9.82 Å². The van der Waals surface area contributed by atoms with Gasteiger partial charge in [0.2, 0.25) is 5.88 Å². The van der Waals surface area contributed by atoms with Crippen molar-refractivity contribution in [2.45, 2.75) is 18.7 Å². The number of nitrogens with zero attached hydrogens (tertiary/aromatic N) is 4. The number of nitrogens with two attached hydrogens (primary N) is 1. The first-order valence-corrected chi connectivity index (χ1v) is 12.1. The molecule has 0 amide bonds. The molecule has 0 saturated heterocycles. The molecule has 4 rings (SSSR count). The first-order valence-electron chi connectivity index (χ1n) is 10.6. The second-order valence-corrected chi connectivity index (χ2v) is 9.70. The molecule has 0 aliphatic carbocycles. The molecule has 0 atom stereocenters. The van der Waals surface area contributed by atoms with Crippen LogP contribution in [-0.4, -0.2) is 42.3 Å². The van der Waals surface area contributed by atoms with Gasteiger partial charge in [0.05, 0.1) is 19.3 Å². The van der Waals surface area contributed by atoms with Crippen LogP contribution < -0.4 is 19.9 Å². The number of methoxy groups -OCH3 is 1. The van der Waals surface area contributed by atoms with Gasteiger partial charge < -0.3 is 15.2 Å². The normalized spacial score (nSPS) is 11.4. The summed E-state index contributed by atoms with van der Waals surface area (Å²) in [6.45, 7) is 4.47. The van der Waals surface area contributed by atoms with Gasteiger partial charge in [-0.25, -0.2) is 13.4 Å². The highest BCUT2D eigenvalue weighted by Gasteiger charge is 2.21. The van der Waals surface area contributed by atoms with Crippen LogP contribution >= 0.6 is 0 Å². The number of ether oxygens (including phenoxy) is 2. The second kappa shape index (κ2) is 9.47. The number of nitriles is 1. The molecule has 4 N–H and O–H groups in total. The van der Waals surface area contributed by atoms with E-state index in [0.29, 0.717) is 52.2 Å². The van der Waals surface area contributed by atoms with E-state index in [1.54, 1.807) is 24.3 Å². The van der Waals surface area contributed by atoms with Gasteiger partial charge in [-0.1, -0.05) is 13.8 Å². The number of aromatic amines is 1. The third-order valence-electron chi connectivity index (χ3n) is 4.96. The SMILES string of the molecule is COc1ccc(C#N)c(S(=O)(=O)Nc2ccc(-c3nc(OCC(C)C)c4c(N)[nH]nc4n3)cc2)c1. The molecule has 0 aliphatic rings. The number of aromatic nitrogens is 4. The van der Waals surface area contributed by atoms with Crippen molar-refractivity contribution in [3.63, 3.8) is 0 Å². The Labute approximate surface area is 202 Å². The fourth-order valence-electron chi connectivity index (χ4n) is 3.24. The molecule has 2 aromatic carbocycles. The Morgan fingerprint density at radius 3 is 2.57 bits per heavy atom. The summed E-state index contributed by atoms with van der Waals surface area (Å²) in [6.07, 6.45) is 0. The summed E-state index contributed by atoms with van der Waals surface area (Å²) in [5, 5.41) is 16.6. The van der Waals surface area contributed by atoms with Gasteiger partial charge in [-0.05, 0) is 42.3 Å². The van der Waals surface area contributed by atoms with Crippen molar-refractivity contribution in [3.8, 4) is 29.1 Å². The molecule has 2 aromatic heterocycles. The first kappa shape index (κ1) is 23.8. The zero-order valence-corrected chi connectivity index (χ0v) is 20.0. The van der Waals surface area contributed by atoms with Crippen LogP contribution in [0.4, 0.5) is 11.5 Å². The molecule has 0 bridgehead atoms. The molecule has 12 heteroatoms. The molecule has 0 saturated carbocycles. The molecule has 0 unspecified atom stereocenters. The highest BCUT2D eigenvalue weighted by atomic mass is 32.2. The number of H-pyrrole nitrogens is 1. The van der Waals surface area contributed by atoms with Gasteiger partial charge in [-0.15, -0.1) is 0 Å². The van der Waals surface area contributed by atoms with E-state index in [1.165, 1.54) is 25.3 Å². The Bertz CT molecular complexity index is 1520. The summed E-state index contributed by atoms with van der Waals surface area (Å²) in [5.74, 6) is 1.56. The molecule has 4 aromatic rings. The Hall–Kier alpha value is -4.37. The van der Waals surface area contributed by atoms with Crippen molar-refractivity contribution in [1.29, 1.82) is 5.26 Å². The van der Waals surface area contributed by atoms with E-state index in [2.05, 4.69) is 24.9 Å². The van der Waals surface area contributed by atoms with E-state index in [9.17, 15) is 13.7 Å². The molecule has 0 fully saturated rings. The molecule has 0 spiro atoms. The predicted molar refractivity (Wildman–Crippen MR) is 130 cm³/mol. The van der Waals surface area contributed by atoms with Crippen LogP contribution in [0.3, 0.4) is 0 Å². The van der Waals surface area contributed by atoms with Crippen molar-refractivity contribution in [2.24, 2.45) is 5.92 Å². The topological polar surface area (TPSA) is 169 Å². The number of nitrogens with one attached hydrogen (secondary N) is 2. The molecule has 35 heavy (non-hydrogen) atoms. The molecule has 2 heterocycles. The van der Waals surface area contributed by atoms with Crippen LogP contribution in [0.25, 0.3) is 22.4 Å². The number of hydrogen-bond donors (Lipinski definition) is 3. The summed E-state index contributed by atoms with van der Waals surface area (Å²) < 4.78 is 39.3. The van der Waals surface area contributed by atoms with Crippen LogP contribution in [0.15, 0.2) is 47.4 Å². The summed E-state index contributed by atoms with van der Waals surface area (Å²) in [7, 11) is -2.63. The van der Waals surface area contributed by atoms with Gasteiger partial charge in [0.1, 0.15) is 27.9 Å². The third kappa shape index (κ3) is 4.95. The minimum atomic E-state index is -4.05. The Kier molecular flexibility index (Phi) is 6.44. The molecular weight excluding hydrogens is 470 g/mol. The van der Waals surface area contributed by atoms with Crippen LogP contribution in [0.5, 0.6) is 11.6 Å². The molecule has 11 nitrogen and oxygen atoms in total. The molecule has 0 radical (unpaired) electrons. The van der Waals surface area contributed by atoms with Crippen molar-refractivity contribution in [2.75, 3.05) is 24.2 Å². The fourth-order valence-corrected chi connectivity index (χ4v) is 4.47. The van der Waals surface area contributed by atoms with Crippen LogP contribution in [-0.2, 0) is 10.0 Å². The maximum absolute atomic E-state index is 12.9. The predicted octanol–water partition coefficient (Wildman–Crippen LogP) is 3.32. The van der Waals surface area contributed by atoms with Crippen LogP contribution in [0, 0.1) is 17.2 Å². The summed E-state index contributed by atoms with van der Waals surface area (Å²) in [4.78, 5) is 8.77. The average molecular weight is 494 g/mol. The molecule has 0 aliphatic heterocycles. The number of fused-ring (bicyclic) bond motifs is 1.